The van der Waals surface area contributed by atoms with E-state index in [1.807, 2.05) is 18.2 Å². The van der Waals surface area contributed by atoms with Gasteiger partial charge < -0.3 is 19.5 Å². The van der Waals surface area contributed by atoms with Crippen LogP contribution in [-0.2, 0) is 7.05 Å². The molecule has 0 unspecified atom stereocenters. The topological polar surface area (TPSA) is 42.3 Å². The van der Waals surface area contributed by atoms with Crippen LogP contribution in [0.5, 0.6) is 5.75 Å². The standard InChI is InChI=1S/C25H25ClN4O/c1-29-24(17-6-8-19(9-7-17)30-14-12-27-13-15-30)22(18-4-3-5-20(16-18)31-2)23-21(26)10-11-28-25(23)29/h3-11,16,27H,12-15H2,1-2H3. The predicted octanol–water partition coefficient (Wildman–Crippen LogP) is 4.98. The number of aromatic nitrogens is 2. The van der Waals surface area contributed by atoms with Gasteiger partial charge in [-0.25, -0.2) is 4.98 Å². The fourth-order valence-electron chi connectivity index (χ4n) is 4.46. The van der Waals surface area contributed by atoms with E-state index in [4.69, 9.17) is 16.3 Å². The fourth-order valence-corrected chi connectivity index (χ4v) is 4.69. The summed E-state index contributed by atoms with van der Waals surface area (Å²) >= 11 is 6.69. The number of pyridine rings is 1. The van der Waals surface area contributed by atoms with Crippen molar-refractivity contribution < 1.29 is 4.74 Å². The van der Waals surface area contributed by atoms with Gasteiger partial charge in [0.1, 0.15) is 11.4 Å². The average Bonchev–Trinajstić information content (AvgIpc) is 3.13. The van der Waals surface area contributed by atoms with Crippen molar-refractivity contribution in [3.05, 3.63) is 65.8 Å². The quantitative estimate of drug-likeness (QED) is 0.494. The van der Waals surface area contributed by atoms with E-state index < -0.39 is 0 Å². The van der Waals surface area contributed by atoms with Gasteiger partial charge in [0.2, 0.25) is 0 Å². The molecule has 2 aromatic carbocycles. The number of methoxy groups -OCH3 is 1. The minimum absolute atomic E-state index is 0.696. The number of nitrogens with one attached hydrogen (secondary N) is 1. The Morgan fingerprint density at radius 3 is 2.52 bits per heavy atom. The number of anilines is 1. The van der Waals surface area contributed by atoms with Crippen molar-refractivity contribution in [3.63, 3.8) is 0 Å². The highest BCUT2D eigenvalue weighted by molar-refractivity contribution is 6.37. The summed E-state index contributed by atoms with van der Waals surface area (Å²) in [6, 6.07) is 18.8. The number of nitrogens with zero attached hydrogens (tertiary/aromatic N) is 3. The summed E-state index contributed by atoms with van der Waals surface area (Å²) in [5.41, 5.74) is 6.48. The number of fused-ring (bicyclic) bond motifs is 1. The number of benzene rings is 2. The predicted molar refractivity (Wildman–Crippen MR) is 128 cm³/mol. The van der Waals surface area contributed by atoms with Gasteiger partial charge in [0.15, 0.2) is 0 Å². The van der Waals surface area contributed by atoms with Crippen molar-refractivity contribution >= 4 is 28.3 Å². The third-order valence-electron chi connectivity index (χ3n) is 6.00. The zero-order chi connectivity index (χ0) is 21.4. The Morgan fingerprint density at radius 2 is 1.77 bits per heavy atom. The molecule has 0 radical (unpaired) electrons. The first-order valence-corrected chi connectivity index (χ1v) is 10.9. The Hall–Kier alpha value is -3.02. The molecule has 1 N–H and O–H groups in total. The van der Waals surface area contributed by atoms with Crippen LogP contribution in [0.15, 0.2) is 60.8 Å². The van der Waals surface area contributed by atoms with Crippen LogP contribution in [0.2, 0.25) is 5.02 Å². The van der Waals surface area contributed by atoms with Crippen molar-refractivity contribution in [2.75, 3.05) is 38.2 Å². The van der Waals surface area contributed by atoms with E-state index in [1.54, 1.807) is 13.3 Å². The van der Waals surface area contributed by atoms with Gasteiger partial charge in [-0.1, -0.05) is 35.9 Å². The van der Waals surface area contributed by atoms with Crippen molar-refractivity contribution in [2.24, 2.45) is 7.05 Å². The summed E-state index contributed by atoms with van der Waals surface area (Å²) in [5, 5.41) is 5.07. The molecule has 31 heavy (non-hydrogen) atoms. The van der Waals surface area contributed by atoms with Gasteiger partial charge >= 0.3 is 0 Å². The Bertz CT molecular complexity index is 1230. The summed E-state index contributed by atoms with van der Waals surface area (Å²) in [6.07, 6.45) is 1.76. The van der Waals surface area contributed by atoms with Gasteiger partial charge in [-0.15, -0.1) is 0 Å². The summed E-state index contributed by atoms with van der Waals surface area (Å²) in [7, 11) is 3.74. The molecule has 1 saturated heterocycles. The van der Waals surface area contributed by atoms with Gasteiger partial charge in [-0.2, -0.15) is 0 Å². The molecule has 3 heterocycles. The second-order valence-corrected chi connectivity index (χ2v) is 8.20. The zero-order valence-electron chi connectivity index (χ0n) is 17.7. The van der Waals surface area contributed by atoms with E-state index in [-0.39, 0.29) is 0 Å². The molecule has 0 atom stereocenters. The number of ether oxygens (including phenoxy) is 1. The molecule has 0 spiro atoms. The second kappa shape index (κ2) is 8.25. The maximum absolute atomic E-state index is 6.69. The first-order chi connectivity index (χ1) is 15.2. The molecule has 6 heteroatoms. The molecule has 0 bridgehead atoms. The van der Waals surface area contributed by atoms with Crippen LogP contribution in [0.25, 0.3) is 33.4 Å². The molecule has 4 aromatic rings. The van der Waals surface area contributed by atoms with Gasteiger partial charge in [-0.05, 0) is 41.5 Å². The Morgan fingerprint density at radius 1 is 1.00 bits per heavy atom. The molecule has 0 amide bonds. The van der Waals surface area contributed by atoms with Crippen molar-refractivity contribution in [1.82, 2.24) is 14.9 Å². The van der Waals surface area contributed by atoms with E-state index in [1.165, 1.54) is 5.69 Å². The summed E-state index contributed by atoms with van der Waals surface area (Å²) < 4.78 is 7.62. The van der Waals surface area contributed by atoms with Crippen LogP contribution in [0.4, 0.5) is 5.69 Å². The molecule has 1 fully saturated rings. The first-order valence-electron chi connectivity index (χ1n) is 10.5. The normalized spacial score (nSPS) is 14.2. The van der Waals surface area contributed by atoms with Crippen LogP contribution < -0.4 is 15.0 Å². The molecule has 2 aromatic heterocycles. The maximum Gasteiger partial charge on any atom is 0.142 e. The molecular formula is C25H25ClN4O. The van der Waals surface area contributed by atoms with Gasteiger partial charge in [-0.3, -0.25) is 0 Å². The Labute approximate surface area is 187 Å². The van der Waals surface area contributed by atoms with Crippen LogP contribution in [-0.4, -0.2) is 42.8 Å². The van der Waals surface area contributed by atoms with E-state index in [2.05, 4.69) is 63.2 Å². The highest BCUT2D eigenvalue weighted by atomic mass is 35.5. The Kier molecular flexibility index (Phi) is 5.30. The smallest absolute Gasteiger partial charge is 0.142 e. The van der Waals surface area contributed by atoms with Crippen LogP contribution in [0.3, 0.4) is 0 Å². The van der Waals surface area contributed by atoms with Crippen LogP contribution in [0.1, 0.15) is 0 Å². The van der Waals surface area contributed by atoms with Gasteiger partial charge in [0.05, 0.1) is 17.8 Å². The van der Waals surface area contributed by atoms with Crippen LogP contribution >= 0.6 is 11.6 Å². The van der Waals surface area contributed by atoms with Gasteiger partial charge in [0.25, 0.3) is 0 Å². The number of hydrogen-bond acceptors (Lipinski definition) is 4. The van der Waals surface area contributed by atoms with E-state index in [9.17, 15) is 0 Å². The lowest BCUT2D eigenvalue weighted by Crippen LogP contribution is -2.43. The minimum atomic E-state index is 0.696. The van der Waals surface area contributed by atoms with Crippen molar-refractivity contribution in [3.8, 4) is 28.1 Å². The highest BCUT2D eigenvalue weighted by Gasteiger charge is 2.22. The number of piperazine rings is 1. The molecule has 0 saturated carbocycles. The van der Waals surface area contributed by atoms with Crippen molar-refractivity contribution in [1.29, 1.82) is 0 Å². The maximum atomic E-state index is 6.69. The Balaban J connectivity index is 1.69. The van der Waals surface area contributed by atoms with Crippen molar-refractivity contribution in [2.45, 2.75) is 0 Å². The molecule has 158 valence electrons. The number of aryl methyl sites for hydroxylation is 1. The third-order valence-corrected chi connectivity index (χ3v) is 6.32. The second-order valence-electron chi connectivity index (χ2n) is 7.79. The molecular weight excluding hydrogens is 408 g/mol. The first kappa shape index (κ1) is 19.9. The molecule has 1 aliphatic heterocycles. The molecule has 5 rings (SSSR count). The highest BCUT2D eigenvalue weighted by Crippen LogP contribution is 2.43. The van der Waals surface area contributed by atoms with E-state index in [0.29, 0.717) is 5.02 Å². The number of rotatable bonds is 4. The summed E-state index contributed by atoms with van der Waals surface area (Å²) in [5.74, 6) is 0.814. The van der Waals surface area contributed by atoms with Gasteiger partial charge in [0, 0.05) is 56.1 Å². The zero-order valence-corrected chi connectivity index (χ0v) is 18.5. The minimum Gasteiger partial charge on any atom is -0.497 e. The summed E-state index contributed by atoms with van der Waals surface area (Å²) in [6.45, 7) is 4.11. The average molecular weight is 433 g/mol. The number of hydrogen-bond donors (Lipinski definition) is 1. The largest absolute Gasteiger partial charge is 0.497 e. The lowest BCUT2D eigenvalue weighted by atomic mass is 9.98. The SMILES string of the molecule is COc1cccc(-c2c(-c3ccc(N4CCNCC4)cc3)n(C)c3nccc(Cl)c23)c1. The number of halogens is 1. The lowest BCUT2D eigenvalue weighted by Gasteiger charge is -2.29. The van der Waals surface area contributed by atoms with E-state index >= 15 is 0 Å². The molecule has 5 nitrogen and oxygen atoms in total. The lowest BCUT2D eigenvalue weighted by molar-refractivity contribution is 0.415. The summed E-state index contributed by atoms with van der Waals surface area (Å²) in [4.78, 5) is 7.06. The van der Waals surface area contributed by atoms with Crippen LogP contribution in [0, 0.1) is 0 Å². The molecule has 0 aliphatic carbocycles. The molecule has 1 aliphatic rings. The monoisotopic (exact) mass is 432 g/mol. The van der Waals surface area contributed by atoms with E-state index in [0.717, 1.165) is 65.3 Å². The fraction of sp³-hybridized carbons (Fsp3) is 0.240. The third kappa shape index (κ3) is 3.54.